The second-order valence-corrected chi connectivity index (χ2v) is 5.35. The number of aliphatic carboxylic acids is 1. The normalized spacial score (nSPS) is 16.8. The Bertz CT molecular complexity index is 563. The molecule has 4 N–H and O–H groups in total. The second kappa shape index (κ2) is 7.15. The van der Waals surface area contributed by atoms with Crippen molar-refractivity contribution in [3.63, 3.8) is 0 Å². The van der Waals surface area contributed by atoms with Crippen molar-refractivity contribution in [2.75, 3.05) is 0 Å². The fraction of sp³-hybridized carbons (Fsp3) is 0.400. The van der Waals surface area contributed by atoms with Crippen molar-refractivity contribution in [3.8, 4) is 0 Å². The fourth-order valence-corrected chi connectivity index (χ4v) is 2.55. The standard InChI is InChI=1S/C15H19N3O4/c19-13(18-22)6-5-12-4-3-11(9-16-12)10-17-15(14(20)21)7-1-2-8-15/h3-6,9,17,22H,1-2,7-8,10H2,(H,18,19)(H,20,21). The lowest BCUT2D eigenvalue weighted by atomic mass is 9.97. The number of nitrogens with zero attached hydrogens (tertiary/aromatic N) is 1. The molecule has 1 aliphatic carbocycles. The number of carboxylic acids is 1. The largest absolute Gasteiger partial charge is 0.480 e. The van der Waals surface area contributed by atoms with Gasteiger partial charge in [-0.05, 0) is 30.5 Å². The minimum atomic E-state index is -0.822. The van der Waals surface area contributed by atoms with Crippen molar-refractivity contribution in [1.82, 2.24) is 15.8 Å². The van der Waals surface area contributed by atoms with E-state index in [0.29, 0.717) is 25.1 Å². The molecule has 1 amide bonds. The molecule has 7 nitrogen and oxygen atoms in total. The van der Waals surface area contributed by atoms with E-state index >= 15 is 0 Å². The summed E-state index contributed by atoms with van der Waals surface area (Å²) in [6, 6.07) is 3.54. The molecule has 0 spiro atoms. The molecule has 22 heavy (non-hydrogen) atoms. The number of carboxylic acid groups (broad SMARTS) is 1. The summed E-state index contributed by atoms with van der Waals surface area (Å²) < 4.78 is 0. The van der Waals surface area contributed by atoms with E-state index in [-0.39, 0.29) is 0 Å². The van der Waals surface area contributed by atoms with E-state index in [0.717, 1.165) is 24.5 Å². The number of pyridine rings is 1. The number of hydrogen-bond donors (Lipinski definition) is 4. The van der Waals surface area contributed by atoms with E-state index < -0.39 is 17.4 Å². The molecular formula is C15H19N3O4. The molecule has 1 aliphatic rings. The number of rotatable bonds is 6. The van der Waals surface area contributed by atoms with E-state index in [2.05, 4.69) is 10.3 Å². The first-order valence-electron chi connectivity index (χ1n) is 7.11. The molecule has 2 rings (SSSR count). The highest BCUT2D eigenvalue weighted by molar-refractivity contribution is 5.90. The van der Waals surface area contributed by atoms with Gasteiger partial charge in [-0.1, -0.05) is 18.9 Å². The van der Waals surface area contributed by atoms with Gasteiger partial charge in [-0.2, -0.15) is 0 Å². The monoisotopic (exact) mass is 305 g/mol. The van der Waals surface area contributed by atoms with Gasteiger partial charge in [-0.25, -0.2) is 5.48 Å². The van der Waals surface area contributed by atoms with Crippen molar-refractivity contribution in [2.45, 2.75) is 37.8 Å². The lowest BCUT2D eigenvalue weighted by molar-refractivity contribution is -0.144. The number of aromatic nitrogens is 1. The molecule has 118 valence electrons. The van der Waals surface area contributed by atoms with Crippen LogP contribution in [0.25, 0.3) is 6.08 Å². The fourth-order valence-electron chi connectivity index (χ4n) is 2.55. The van der Waals surface area contributed by atoms with Crippen LogP contribution in [0.2, 0.25) is 0 Å². The molecule has 0 radical (unpaired) electrons. The van der Waals surface area contributed by atoms with Crippen LogP contribution in [0.4, 0.5) is 0 Å². The minimum absolute atomic E-state index is 0.431. The Hall–Kier alpha value is -2.25. The lowest BCUT2D eigenvalue weighted by Gasteiger charge is -2.25. The van der Waals surface area contributed by atoms with Crippen LogP contribution in [-0.4, -0.2) is 32.7 Å². The van der Waals surface area contributed by atoms with Gasteiger partial charge in [0.05, 0.1) is 5.69 Å². The van der Waals surface area contributed by atoms with Gasteiger partial charge in [0.1, 0.15) is 5.54 Å². The van der Waals surface area contributed by atoms with Crippen molar-refractivity contribution in [2.24, 2.45) is 0 Å². The summed E-state index contributed by atoms with van der Waals surface area (Å²) in [5.41, 5.74) is 2.11. The molecular weight excluding hydrogens is 286 g/mol. The number of carbonyl (C=O) groups is 2. The zero-order valence-electron chi connectivity index (χ0n) is 12.1. The summed E-state index contributed by atoms with van der Waals surface area (Å²) in [5, 5.41) is 20.9. The van der Waals surface area contributed by atoms with Gasteiger partial charge >= 0.3 is 5.97 Å². The molecule has 0 atom stereocenters. The molecule has 1 heterocycles. The number of amides is 1. The Morgan fingerprint density at radius 1 is 1.32 bits per heavy atom. The van der Waals surface area contributed by atoms with Gasteiger partial charge in [0.2, 0.25) is 0 Å². The van der Waals surface area contributed by atoms with Crippen LogP contribution < -0.4 is 10.8 Å². The molecule has 0 aliphatic heterocycles. The summed E-state index contributed by atoms with van der Waals surface area (Å²) >= 11 is 0. The quantitative estimate of drug-likeness (QED) is 0.355. The Balaban J connectivity index is 1.95. The third-order valence-corrected chi connectivity index (χ3v) is 3.86. The van der Waals surface area contributed by atoms with Gasteiger partial charge < -0.3 is 5.11 Å². The van der Waals surface area contributed by atoms with Crippen LogP contribution in [0.15, 0.2) is 24.4 Å². The topological polar surface area (TPSA) is 112 Å². The number of hydrogen-bond acceptors (Lipinski definition) is 5. The molecule has 0 saturated heterocycles. The van der Waals surface area contributed by atoms with Gasteiger partial charge in [0.15, 0.2) is 0 Å². The van der Waals surface area contributed by atoms with Crippen LogP contribution in [0.5, 0.6) is 0 Å². The van der Waals surface area contributed by atoms with Gasteiger partial charge in [0, 0.05) is 18.8 Å². The predicted molar refractivity (Wildman–Crippen MR) is 78.9 cm³/mol. The van der Waals surface area contributed by atoms with Gasteiger partial charge in [-0.15, -0.1) is 0 Å². The Morgan fingerprint density at radius 2 is 2.05 bits per heavy atom. The smallest absolute Gasteiger partial charge is 0.323 e. The first kappa shape index (κ1) is 16.1. The van der Waals surface area contributed by atoms with Crippen LogP contribution in [0, 0.1) is 0 Å². The molecule has 1 saturated carbocycles. The van der Waals surface area contributed by atoms with Crippen molar-refractivity contribution in [1.29, 1.82) is 0 Å². The Morgan fingerprint density at radius 3 is 2.59 bits per heavy atom. The van der Waals surface area contributed by atoms with Crippen molar-refractivity contribution in [3.05, 3.63) is 35.7 Å². The van der Waals surface area contributed by atoms with Crippen LogP contribution in [0.3, 0.4) is 0 Å². The van der Waals surface area contributed by atoms with E-state index in [1.165, 1.54) is 11.6 Å². The maximum absolute atomic E-state index is 11.4. The Labute approximate surface area is 128 Å². The van der Waals surface area contributed by atoms with Crippen molar-refractivity contribution >= 4 is 18.0 Å². The summed E-state index contributed by atoms with van der Waals surface area (Å²) in [6.07, 6.45) is 7.41. The van der Waals surface area contributed by atoms with E-state index in [4.69, 9.17) is 5.21 Å². The summed E-state index contributed by atoms with van der Waals surface area (Å²) in [5.74, 6) is -1.43. The van der Waals surface area contributed by atoms with Gasteiger partial charge in [0.25, 0.3) is 5.91 Å². The molecule has 0 aromatic carbocycles. The van der Waals surface area contributed by atoms with Crippen LogP contribution >= 0.6 is 0 Å². The molecule has 1 aromatic heterocycles. The van der Waals surface area contributed by atoms with Crippen LogP contribution in [0.1, 0.15) is 36.9 Å². The van der Waals surface area contributed by atoms with E-state index in [1.54, 1.807) is 12.3 Å². The predicted octanol–water partition coefficient (Wildman–Crippen LogP) is 1.09. The van der Waals surface area contributed by atoms with Crippen LogP contribution in [-0.2, 0) is 16.1 Å². The molecule has 1 fully saturated rings. The average molecular weight is 305 g/mol. The first-order valence-corrected chi connectivity index (χ1v) is 7.11. The zero-order valence-corrected chi connectivity index (χ0v) is 12.1. The van der Waals surface area contributed by atoms with Gasteiger partial charge in [-0.3, -0.25) is 25.1 Å². The second-order valence-electron chi connectivity index (χ2n) is 5.35. The summed E-state index contributed by atoms with van der Waals surface area (Å²) in [6.45, 7) is 0.431. The third-order valence-electron chi connectivity index (χ3n) is 3.86. The van der Waals surface area contributed by atoms with E-state index in [1.807, 2.05) is 6.07 Å². The number of carbonyl (C=O) groups excluding carboxylic acids is 1. The third kappa shape index (κ3) is 3.90. The Kier molecular flexibility index (Phi) is 5.24. The molecule has 7 heteroatoms. The first-order chi connectivity index (χ1) is 10.6. The zero-order chi connectivity index (χ0) is 16.0. The lowest BCUT2D eigenvalue weighted by Crippen LogP contribution is -2.49. The SMILES string of the molecule is O=C(C=Cc1ccc(CNC2(C(=O)O)CCCC2)cn1)NO. The van der Waals surface area contributed by atoms with E-state index in [9.17, 15) is 14.7 Å². The molecule has 0 unspecified atom stereocenters. The highest BCUT2D eigenvalue weighted by Crippen LogP contribution is 2.30. The van der Waals surface area contributed by atoms with Crippen molar-refractivity contribution < 1.29 is 19.9 Å². The number of nitrogens with one attached hydrogen (secondary N) is 2. The average Bonchev–Trinajstić information content (AvgIpc) is 3.02. The summed E-state index contributed by atoms with van der Waals surface area (Å²) in [7, 11) is 0. The minimum Gasteiger partial charge on any atom is -0.480 e. The molecule has 0 bridgehead atoms. The summed E-state index contributed by atoms with van der Waals surface area (Å²) in [4.78, 5) is 26.5. The molecule has 1 aromatic rings. The number of hydroxylamine groups is 1. The maximum Gasteiger partial charge on any atom is 0.323 e. The highest BCUT2D eigenvalue weighted by Gasteiger charge is 2.40. The maximum atomic E-state index is 11.4. The highest BCUT2D eigenvalue weighted by atomic mass is 16.5.